The topological polar surface area (TPSA) is 6.48 Å². The van der Waals surface area contributed by atoms with E-state index >= 15 is 0 Å². The maximum absolute atomic E-state index is 4.60. The van der Waals surface area contributed by atoms with E-state index in [2.05, 4.69) is 298 Å². The quantitative estimate of drug-likeness (QED) is 0.0947. The molecule has 0 saturated carbocycles. The zero-order valence-corrected chi connectivity index (χ0v) is 39.4. The summed E-state index contributed by atoms with van der Waals surface area (Å²) in [4.78, 5) is 4.64. The van der Waals surface area contributed by atoms with E-state index < -0.39 is 0 Å². The summed E-state index contributed by atoms with van der Waals surface area (Å²) in [5.74, 6) is 0. The van der Waals surface area contributed by atoms with Crippen molar-refractivity contribution in [3.63, 3.8) is 0 Å². The van der Waals surface area contributed by atoms with Crippen molar-refractivity contribution in [3.8, 4) is 33.4 Å². The lowest BCUT2D eigenvalue weighted by Crippen LogP contribution is -2.28. The van der Waals surface area contributed by atoms with Gasteiger partial charge in [-0.2, -0.15) is 0 Å². The van der Waals surface area contributed by atoms with Gasteiger partial charge in [-0.25, -0.2) is 0 Å². The highest BCUT2D eigenvalue weighted by Gasteiger charge is 2.21. The zero-order chi connectivity index (χ0) is 47.4. The smallest absolute Gasteiger partial charge is 0.0712 e. The van der Waals surface area contributed by atoms with E-state index in [1.54, 1.807) is 0 Å². The molecule has 1 aliphatic rings. The maximum atomic E-state index is 4.60. The van der Waals surface area contributed by atoms with Gasteiger partial charge in [-0.05, 0) is 124 Å². The molecule has 0 heterocycles. The number of hydrogen-bond acceptors (Lipinski definition) is 2. The van der Waals surface area contributed by atoms with Crippen molar-refractivity contribution in [1.82, 2.24) is 0 Å². The van der Waals surface area contributed by atoms with E-state index in [9.17, 15) is 0 Å². The van der Waals surface area contributed by atoms with Gasteiger partial charge in [0.25, 0.3) is 0 Å². The Morgan fingerprint density at radius 1 is 0.435 bits per heavy atom. The highest BCUT2D eigenvalue weighted by molar-refractivity contribution is 5.84. The lowest BCUT2D eigenvalue weighted by atomic mass is 9.99. The molecule has 8 aromatic rings. The van der Waals surface area contributed by atoms with E-state index in [0.29, 0.717) is 0 Å². The third-order valence-electron chi connectivity index (χ3n) is 12.6. The highest BCUT2D eigenvalue weighted by Crippen LogP contribution is 2.38. The standard InChI is InChI=1S/C67H56N2/c1-50(51(2)34-35-53(4)68(63-44-37-59(38-45-63)55-22-11-6-12-23-55)64-46-39-60(40-47-64)56-24-13-7-14-25-56)32-33-52(3)66-30-17-18-31-67(66)69(65-48-41-61(42-49-65)57-26-15-8-16-27-57)62-29-19-28-58(36-43-62)54-20-9-5-10-21-54/h5-49,62H,2,4H2,1,3H3/b35-34-,50-32+,52-33+. The van der Waals surface area contributed by atoms with Crippen LogP contribution in [0.15, 0.2) is 303 Å². The first-order valence-electron chi connectivity index (χ1n) is 23.6. The van der Waals surface area contributed by atoms with Crippen LogP contribution >= 0.6 is 0 Å². The molecule has 1 aliphatic carbocycles. The number of hydrogen-bond donors (Lipinski definition) is 0. The predicted octanol–water partition coefficient (Wildman–Crippen LogP) is 18.2. The summed E-state index contributed by atoms with van der Waals surface area (Å²) >= 11 is 0. The Balaban J connectivity index is 0.985. The molecule has 0 spiro atoms. The molecule has 0 aromatic heterocycles. The first kappa shape index (κ1) is 45.4. The molecule has 334 valence electrons. The van der Waals surface area contributed by atoms with Gasteiger partial charge in [-0.3, -0.25) is 0 Å². The first-order valence-corrected chi connectivity index (χ1v) is 23.6. The third-order valence-corrected chi connectivity index (χ3v) is 12.6. The summed E-state index contributed by atoms with van der Waals surface area (Å²) < 4.78 is 0. The molecule has 0 aliphatic heterocycles. The van der Waals surface area contributed by atoms with Crippen LogP contribution in [0.25, 0.3) is 44.5 Å². The second kappa shape index (κ2) is 21.7. The van der Waals surface area contributed by atoms with Gasteiger partial charge < -0.3 is 9.80 Å². The van der Waals surface area contributed by atoms with Gasteiger partial charge in [0, 0.05) is 34.0 Å². The Morgan fingerprint density at radius 3 is 1.38 bits per heavy atom. The Morgan fingerprint density at radius 2 is 0.870 bits per heavy atom. The molecule has 0 radical (unpaired) electrons. The molecule has 2 nitrogen and oxygen atoms in total. The molecule has 69 heavy (non-hydrogen) atoms. The first-order chi connectivity index (χ1) is 33.9. The number of benzene rings is 8. The minimum absolute atomic E-state index is 0.0440. The van der Waals surface area contributed by atoms with Gasteiger partial charge in [-0.15, -0.1) is 0 Å². The van der Waals surface area contributed by atoms with Crippen LogP contribution in [-0.4, -0.2) is 6.04 Å². The fourth-order valence-electron chi connectivity index (χ4n) is 8.72. The average Bonchev–Trinajstić information content (AvgIpc) is 3.67. The summed E-state index contributed by atoms with van der Waals surface area (Å²) in [5.41, 5.74) is 18.8. The van der Waals surface area contributed by atoms with Gasteiger partial charge >= 0.3 is 0 Å². The van der Waals surface area contributed by atoms with Crippen LogP contribution in [0.1, 0.15) is 25.0 Å². The van der Waals surface area contributed by atoms with Crippen LogP contribution < -0.4 is 9.80 Å². The highest BCUT2D eigenvalue weighted by atomic mass is 15.2. The van der Waals surface area contributed by atoms with E-state index in [4.69, 9.17) is 0 Å². The molecular weight excluding hydrogens is 833 g/mol. The number of anilines is 4. The zero-order valence-electron chi connectivity index (χ0n) is 39.4. The SMILES string of the molecule is C=C(/C=C\C(=C)N(c1ccc(-c2ccccc2)cc1)c1ccc(-c2ccccc2)cc1)/C(C)=C/C=C(\C)c1ccccc1N(c1ccc(-c2ccccc2)cc1)C1C=CC=C(c2ccccc2)C=C1. The number of rotatable bonds is 15. The fourth-order valence-corrected chi connectivity index (χ4v) is 8.72. The predicted molar refractivity (Wildman–Crippen MR) is 298 cm³/mol. The second-order valence-corrected chi connectivity index (χ2v) is 17.2. The second-order valence-electron chi connectivity index (χ2n) is 17.2. The van der Waals surface area contributed by atoms with E-state index in [-0.39, 0.29) is 6.04 Å². The van der Waals surface area contributed by atoms with Crippen molar-refractivity contribution < 1.29 is 0 Å². The van der Waals surface area contributed by atoms with Crippen LogP contribution in [0.2, 0.25) is 0 Å². The summed E-state index contributed by atoms with van der Waals surface area (Å²) in [5, 5.41) is 0. The van der Waals surface area contributed by atoms with Crippen LogP contribution in [0.5, 0.6) is 0 Å². The monoisotopic (exact) mass is 888 g/mol. The molecule has 2 heteroatoms. The Labute approximate surface area is 409 Å². The summed E-state index contributed by atoms with van der Waals surface area (Å²) in [6.07, 6.45) is 19.7. The minimum Gasteiger partial charge on any atom is -0.330 e. The van der Waals surface area contributed by atoms with E-state index in [0.717, 1.165) is 61.9 Å². The summed E-state index contributed by atoms with van der Waals surface area (Å²) in [7, 11) is 0. The molecule has 1 atom stereocenters. The number of para-hydroxylation sites is 1. The van der Waals surface area contributed by atoms with Crippen molar-refractivity contribution in [2.75, 3.05) is 9.80 Å². The van der Waals surface area contributed by atoms with Crippen molar-refractivity contribution in [2.24, 2.45) is 0 Å². The van der Waals surface area contributed by atoms with Gasteiger partial charge in [-0.1, -0.05) is 238 Å². The van der Waals surface area contributed by atoms with Gasteiger partial charge in [0.2, 0.25) is 0 Å². The molecule has 0 amide bonds. The maximum Gasteiger partial charge on any atom is 0.0712 e. The van der Waals surface area contributed by atoms with Crippen LogP contribution in [0.4, 0.5) is 22.7 Å². The minimum atomic E-state index is -0.0440. The summed E-state index contributed by atoms with van der Waals surface area (Å²) in [6, 6.07) is 77.1. The molecule has 8 aromatic carbocycles. The van der Waals surface area contributed by atoms with Crippen LogP contribution in [-0.2, 0) is 0 Å². The Bertz CT molecular complexity index is 3120. The fraction of sp³-hybridized carbons (Fsp3) is 0.0448. The van der Waals surface area contributed by atoms with Crippen LogP contribution in [0.3, 0.4) is 0 Å². The molecular formula is C67H56N2. The van der Waals surface area contributed by atoms with Crippen molar-refractivity contribution >= 4 is 33.9 Å². The molecule has 0 bridgehead atoms. The van der Waals surface area contributed by atoms with E-state index in [1.807, 2.05) is 12.1 Å². The number of nitrogens with zero attached hydrogens (tertiary/aromatic N) is 2. The molecule has 1 unspecified atom stereocenters. The molecule has 0 fully saturated rings. The van der Waals surface area contributed by atoms with Gasteiger partial charge in [0.1, 0.15) is 0 Å². The van der Waals surface area contributed by atoms with Crippen molar-refractivity contribution in [2.45, 2.75) is 19.9 Å². The van der Waals surface area contributed by atoms with Crippen molar-refractivity contribution in [3.05, 3.63) is 314 Å². The molecule has 0 N–H and O–H groups in total. The van der Waals surface area contributed by atoms with Crippen LogP contribution in [0, 0.1) is 0 Å². The van der Waals surface area contributed by atoms with Gasteiger partial charge in [0.15, 0.2) is 0 Å². The summed E-state index contributed by atoms with van der Waals surface area (Å²) in [6.45, 7) is 13.4. The Hall–Kier alpha value is -8.72. The van der Waals surface area contributed by atoms with Crippen molar-refractivity contribution in [1.29, 1.82) is 0 Å². The van der Waals surface area contributed by atoms with Gasteiger partial charge in [0.05, 0.1) is 6.04 Å². The normalized spacial score (nSPS) is 13.7. The lowest BCUT2D eigenvalue weighted by molar-refractivity contribution is 0.942. The largest absolute Gasteiger partial charge is 0.330 e. The average molecular weight is 889 g/mol. The lowest BCUT2D eigenvalue weighted by Gasteiger charge is -2.32. The Kier molecular flexibility index (Phi) is 14.3. The molecule has 9 rings (SSSR count). The number of allylic oxidation sites excluding steroid dienone is 11. The third kappa shape index (κ3) is 10.9. The molecule has 0 saturated heterocycles. The van der Waals surface area contributed by atoms with E-state index in [1.165, 1.54) is 33.4 Å².